The fourth-order valence-electron chi connectivity index (χ4n) is 2.17. The van der Waals surface area contributed by atoms with Gasteiger partial charge in [-0.3, -0.25) is 0 Å². The van der Waals surface area contributed by atoms with Crippen LogP contribution in [0.15, 0.2) is 40.9 Å². The van der Waals surface area contributed by atoms with Crippen LogP contribution in [-0.2, 0) is 0 Å². The molecule has 0 saturated carbocycles. The Morgan fingerprint density at radius 3 is 2.52 bits per heavy atom. The van der Waals surface area contributed by atoms with Gasteiger partial charge in [0.2, 0.25) is 11.7 Å². The number of benzene rings is 1. The lowest BCUT2D eigenvalue weighted by molar-refractivity contribution is 0.340. The van der Waals surface area contributed by atoms with Crippen LogP contribution in [-0.4, -0.2) is 28.8 Å². The molecule has 0 saturated heterocycles. The highest BCUT2D eigenvalue weighted by Crippen LogP contribution is 2.28. The second-order valence-electron chi connectivity index (χ2n) is 4.89. The van der Waals surface area contributed by atoms with Crippen LogP contribution in [0.25, 0.3) is 22.8 Å². The fraction of sp³-hybridized carbons (Fsp3) is 0.235. The molecule has 6 heteroatoms. The predicted octanol–water partition coefficient (Wildman–Crippen LogP) is 3.51. The molecule has 0 bridgehead atoms. The number of aromatic nitrogens is 3. The van der Waals surface area contributed by atoms with Crippen molar-refractivity contribution in [2.75, 3.05) is 13.7 Å². The van der Waals surface area contributed by atoms with Gasteiger partial charge in [0.25, 0.3) is 5.89 Å². The van der Waals surface area contributed by atoms with Gasteiger partial charge in [-0.15, -0.1) is 0 Å². The summed E-state index contributed by atoms with van der Waals surface area (Å²) in [6.45, 7) is 4.47. The van der Waals surface area contributed by atoms with Crippen LogP contribution in [0.2, 0.25) is 0 Å². The van der Waals surface area contributed by atoms with Gasteiger partial charge in [-0.25, -0.2) is 4.98 Å². The Hall–Kier alpha value is -2.89. The standard InChI is InChI=1S/C17H17N3O3/c1-4-22-13-8-6-12(7-9-13)16-19-15(20-23-16)14-10-5-11(2)18-17(14)21-3/h5-10H,4H2,1-3H3. The average molecular weight is 311 g/mol. The van der Waals surface area contributed by atoms with Gasteiger partial charge < -0.3 is 14.0 Å². The molecule has 0 aliphatic carbocycles. The molecule has 0 spiro atoms. The van der Waals surface area contributed by atoms with Gasteiger partial charge in [0.05, 0.1) is 19.3 Å². The largest absolute Gasteiger partial charge is 0.494 e. The van der Waals surface area contributed by atoms with Gasteiger partial charge in [-0.1, -0.05) is 5.16 Å². The van der Waals surface area contributed by atoms with E-state index in [1.54, 1.807) is 7.11 Å². The second kappa shape index (κ2) is 6.48. The van der Waals surface area contributed by atoms with Crippen molar-refractivity contribution in [3.05, 3.63) is 42.1 Å². The summed E-state index contributed by atoms with van der Waals surface area (Å²) in [6, 6.07) is 11.3. The van der Waals surface area contributed by atoms with E-state index in [1.807, 2.05) is 50.2 Å². The molecule has 118 valence electrons. The zero-order valence-corrected chi connectivity index (χ0v) is 13.2. The van der Waals surface area contributed by atoms with Crippen molar-refractivity contribution in [3.8, 4) is 34.5 Å². The van der Waals surface area contributed by atoms with Crippen molar-refractivity contribution in [3.63, 3.8) is 0 Å². The van der Waals surface area contributed by atoms with Crippen LogP contribution in [0.4, 0.5) is 0 Å². The van der Waals surface area contributed by atoms with Crippen molar-refractivity contribution < 1.29 is 14.0 Å². The van der Waals surface area contributed by atoms with E-state index in [4.69, 9.17) is 14.0 Å². The van der Waals surface area contributed by atoms with E-state index >= 15 is 0 Å². The molecule has 2 heterocycles. The summed E-state index contributed by atoms with van der Waals surface area (Å²) in [5, 5.41) is 4.02. The van der Waals surface area contributed by atoms with Crippen LogP contribution in [0.5, 0.6) is 11.6 Å². The van der Waals surface area contributed by atoms with E-state index in [2.05, 4.69) is 15.1 Å². The van der Waals surface area contributed by atoms with Crippen molar-refractivity contribution in [1.29, 1.82) is 0 Å². The van der Waals surface area contributed by atoms with E-state index in [1.165, 1.54) is 0 Å². The molecule has 0 unspecified atom stereocenters. The Morgan fingerprint density at radius 2 is 1.83 bits per heavy atom. The summed E-state index contributed by atoms with van der Waals surface area (Å²) in [4.78, 5) is 8.75. The first-order chi connectivity index (χ1) is 11.2. The molecule has 0 fully saturated rings. The number of pyridine rings is 1. The van der Waals surface area contributed by atoms with Crippen molar-refractivity contribution >= 4 is 0 Å². The predicted molar refractivity (Wildman–Crippen MR) is 85.4 cm³/mol. The van der Waals surface area contributed by atoms with Gasteiger partial charge >= 0.3 is 0 Å². The number of hydrogen-bond acceptors (Lipinski definition) is 6. The smallest absolute Gasteiger partial charge is 0.258 e. The first kappa shape index (κ1) is 15.0. The molecule has 3 rings (SSSR count). The highest BCUT2D eigenvalue weighted by molar-refractivity contribution is 5.64. The molecular weight excluding hydrogens is 294 g/mol. The number of aryl methyl sites for hydroxylation is 1. The summed E-state index contributed by atoms with van der Waals surface area (Å²) in [5.41, 5.74) is 2.38. The molecule has 0 radical (unpaired) electrons. The quantitative estimate of drug-likeness (QED) is 0.718. The Labute approximate surface area is 134 Å². The van der Waals surface area contributed by atoms with Gasteiger partial charge in [-0.2, -0.15) is 4.98 Å². The van der Waals surface area contributed by atoms with Crippen molar-refractivity contribution in [2.45, 2.75) is 13.8 Å². The third-order valence-electron chi connectivity index (χ3n) is 3.27. The number of hydrogen-bond donors (Lipinski definition) is 0. The minimum atomic E-state index is 0.436. The summed E-state index contributed by atoms with van der Waals surface area (Å²) in [7, 11) is 1.57. The maximum Gasteiger partial charge on any atom is 0.258 e. The second-order valence-corrected chi connectivity index (χ2v) is 4.89. The average Bonchev–Trinajstić information content (AvgIpc) is 3.05. The SMILES string of the molecule is CCOc1ccc(-c2nc(-c3ccc(C)nc3OC)no2)cc1. The van der Waals surface area contributed by atoms with Crippen molar-refractivity contribution in [2.24, 2.45) is 0 Å². The van der Waals surface area contributed by atoms with Crippen LogP contribution >= 0.6 is 0 Å². The molecular formula is C17H17N3O3. The molecule has 0 aliphatic heterocycles. The first-order valence-corrected chi connectivity index (χ1v) is 7.30. The maximum absolute atomic E-state index is 5.42. The topological polar surface area (TPSA) is 70.3 Å². The Kier molecular flexibility index (Phi) is 4.23. The monoisotopic (exact) mass is 311 g/mol. The van der Waals surface area contributed by atoms with Crippen LogP contribution in [0.1, 0.15) is 12.6 Å². The Balaban J connectivity index is 1.91. The normalized spacial score (nSPS) is 10.6. The number of rotatable bonds is 5. The molecule has 3 aromatic rings. The lowest BCUT2D eigenvalue weighted by Crippen LogP contribution is -1.94. The molecule has 2 aromatic heterocycles. The fourth-order valence-corrected chi connectivity index (χ4v) is 2.17. The molecule has 0 atom stereocenters. The summed E-state index contributed by atoms with van der Waals surface area (Å²) in [5.74, 6) is 2.16. The van der Waals surface area contributed by atoms with Crippen LogP contribution < -0.4 is 9.47 Å². The van der Waals surface area contributed by atoms with Gasteiger partial charge in [0.1, 0.15) is 5.75 Å². The Bertz CT molecular complexity index is 797. The lowest BCUT2D eigenvalue weighted by Gasteiger charge is -2.04. The van der Waals surface area contributed by atoms with E-state index in [-0.39, 0.29) is 0 Å². The van der Waals surface area contributed by atoms with E-state index in [9.17, 15) is 0 Å². The molecule has 23 heavy (non-hydrogen) atoms. The lowest BCUT2D eigenvalue weighted by atomic mass is 10.2. The number of nitrogens with zero attached hydrogens (tertiary/aromatic N) is 3. The third kappa shape index (κ3) is 3.15. The van der Waals surface area contributed by atoms with Crippen LogP contribution in [0, 0.1) is 6.92 Å². The number of ether oxygens (including phenoxy) is 2. The molecule has 0 N–H and O–H groups in total. The molecule has 6 nitrogen and oxygen atoms in total. The van der Waals surface area contributed by atoms with Gasteiger partial charge in [0, 0.05) is 11.3 Å². The Morgan fingerprint density at radius 1 is 1.04 bits per heavy atom. The van der Waals surface area contributed by atoms with E-state index < -0.39 is 0 Å². The zero-order valence-electron chi connectivity index (χ0n) is 13.2. The summed E-state index contributed by atoms with van der Waals surface area (Å²) < 4.78 is 16.1. The number of methoxy groups -OCH3 is 1. The highest BCUT2D eigenvalue weighted by atomic mass is 16.5. The van der Waals surface area contributed by atoms with Crippen molar-refractivity contribution in [1.82, 2.24) is 15.1 Å². The van der Waals surface area contributed by atoms with Crippen LogP contribution in [0.3, 0.4) is 0 Å². The maximum atomic E-state index is 5.42. The third-order valence-corrected chi connectivity index (χ3v) is 3.27. The van der Waals surface area contributed by atoms with Gasteiger partial charge in [-0.05, 0) is 50.2 Å². The van der Waals surface area contributed by atoms with Gasteiger partial charge in [0.15, 0.2) is 0 Å². The minimum absolute atomic E-state index is 0.436. The van der Waals surface area contributed by atoms with E-state index in [0.717, 1.165) is 17.0 Å². The first-order valence-electron chi connectivity index (χ1n) is 7.30. The molecule has 1 aromatic carbocycles. The minimum Gasteiger partial charge on any atom is -0.494 e. The van der Waals surface area contributed by atoms with E-state index in [0.29, 0.717) is 29.8 Å². The molecule has 0 amide bonds. The molecule has 0 aliphatic rings. The summed E-state index contributed by atoms with van der Waals surface area (Å²) >= 11 is 0. The zero-order chi connectivity index (χ0) is 16.2. The highest BCUT2D eigenvalue weighted by Gasteiger charge is 2.15. The summed E-state index contributed by atoms with van der Waals surface area (Å²) in [6.07, 6.45) is 0.